The lowest BCUT2D eigenvalue weighted by Crippen LogP contribution is -2.09. The standard InChI is InChI=1S/C14H21N5O/c1-2-3-11(6-8-15)4-5-13-18-14(19-20-13)12-7-9-16-10-17-12/h7,9-11H,2-6,8,15H2,1H3. The van der Waals surface area contributed by atoms with Gasteiger partial charge in [0.05, 0.1) is 0 Å². The van der Waals surface area contributed by atoms with Crippen LogP contribution in [0.15, 0.2) is 23.1 Å². The zero-order valence-corrected chi connectivity index (χ0v) is 11.8. The maximum absolute atomic E-state index is 5.64. The first-order valence-electron chi connectivity index (χ1n) is 7.12. The lowest BCUT2D eigenvalue weighted by atomic mass is 9.94. The number of hydrogen-bond donors (Lipinski definition) is 1. The van der Waals surface area contributed by atoms with E-state index in [2.05, 4.69) is 27.0 Å². The molecular weight excluding hydrogens is 254 g/mol. The summed E-state index contributed by atoms with van der Waals surface area (Å²) < 4.78 is 5.27. The van der Waals surface area contributed by atoms with Crippen molar-refractivity contribution in [3.63, 3.8) is 0 Å². The summed E-state index contributed by atoms with van der Waals surface area (Å²) in [7, 11) is 0. The summed E-state index contributed by atoms with van der Waals surface area (Å²) in [6, 6.07) is 1.77. The molecule has 2 heterocycles. The molecule has 0 radical (unpaired) electrons. The van der Waals surface area contributed by atoms with Gasteiger partial charge in [-0.3, -0.25) is 0 Å². The molecule has 2 N–H and O–H groups in total. The van der Waals surface area contributed by atoms with Crippen molar-refractivity contribution in [1.82, 2.24) is 20.1 Å². The van der Waals surface area contributed by atoms with Gasteiger partial charge in [-0.2, -0.15) is 4.98 Å². The molecule has 0 saturated heterocycles. The lowest BCUT2D eigenvalue weighted by Gasteiger charge is -2.13. The molecule has 0 aliphatic heterocycles. The van der Waals surface area contributed by atoms with Crippen molar-refractivity contribution >= 4 is 0 Å². The minimum Gasteiger partial charge on any atom is -0.339 e. The van der Waals surface area contributed by atoms with E-state index < -0.39 is 0 Å². The van der Waals surface area contributed by atoms with E-state index in [4.69, 9.17) is 10.3 Å². The third-order valence-electron chi connectivity index (χ3n) is 3.32. The maximum atomic E-state index is 5.64. The van der Waals surface area contributed by atoms with Gasteiger partial charge in [0.2, 0.25) is 11.7 Å². The van der Waals surface area contributed by atoms with E-state index in [1.54, 1.807) is 12.3 Å². The topological polar surface area (TPSA) is 90.7 Å². The van der Waals surface area contributed by atoms with Crippen LogP contribution in [0.1, 0.15) is 38.5 Å². The fourth-order valence-corrected chi connectivity index (χ4v) is 2.29. The van der Waals surface area contributed by atoms with Gasteiger partial charge in [-0.15, -0.1) is 0 Å². The van der Waals surface area contributed by atoms with Gasteiger partial charge in [0.15, 0.2) is 0 Å². The summed E-state index contributed by atoms with van der Waals surface area (Å²) >= 11 is 0. The van der Waals surface area contributed by atoms with Crippen molar-refractivity contribution in [3.8, 4) is 11.5 Å². The van der Waals surface area contributed by atoms with Gasteiger partial charge in [0, 0.05) is 12.6 Å². The second-order valence-corrected chi connectivity index (χ2v) is 4.88. The van der Waals surface area contributed by atoms with E-state index in [9.17, 15) is 0 Å². The zero-order valence-electron chi connectivity index (χ0n) is 11.8. The molecule has 0 saturated carbocycles. The lowest BCUT2D eigenvalue weighted by molar-refractivity contribution is 0.349. The summed E-state index contributed by atoms with van der Waals surface area (Å²) in [6.07, 6.45) is 8.41. The minimum atomic E-state index is 0.522. The molecule has 0 spiro atoms. The number of nitrogens with zero attached hydrogens (tertiary/aromatic N) is 4. The summed E-state index contributed by atoms with van der Waals surface area (Å²) in [5, 5.41) is 3.96. The van der Waals surface area contributed by atoms with Crippen LogP contribution in [0.25, 0.3) is 11.5 Å². The van der Waals surface area contributed by atoms with Crippen LogP contribution >= 0.6 is 0 Å². The van der Waals surface area contributed by atoms with Crippen LogP contribution in [0.3, 0.4) is 0 Å². The van der Waals surface area contributed by atoms with E-state index >= 15 is 0 Å². The highest BCUT2D eigenvalue weighted by molar-refractivity contribution is 5.46. The fourth-order valence-electron chi connectivity index (χ4n) is 2.29. The molecule has 6 nitrogen and oxygen atoms in total. The van der Waals surface area contributed by atoms with E-state index in [0.29, 0.717) is 23.3 Å². The van der Waals surface area contributed by atoms with Crippen molar-refractivity contribution in [2.75, 3.05) is 6.54 Å². The van der Waals surface area contributed by atoms with Gasteiger partial charge in [-0.1, -0.05) is 24.9 Å². The Hall–Kier alpha value is -1.82. The first-order chi connectivity index (χ1) is 9.83. The van der Waals surface area contributed by atoms with Crippen LogP contribution in [-0.4, -0.2) is 26.7 Å². The molecule has 2 rings (SSSR count). The highest BCUT2D eigenvalue weighted by atomic mass is 16.5. The fraction of sp³-hybridized carbons (Fsp3) is 0.571. The Morgan fingerprint density at radius 1 is 1.30 bits per heavy atom. The first-order valence-corrected chi connectivity index (χ1v) is 7.12. The molecule has 0 aliphatic carbocycles. The summed E-state index contributed by atoms with van der Waals surface area (Å²) in [4.78, 5) is 12.3. The van der Waals surface area contributed by atoms with Crippen LogP contribution in [0, 0.1) is 5.92 Å². The number of hydrogen-bond acceptors (Lipinski definition) is 6. The second-order valence-electron chi connectivity index (χ2n) is 4.88. The largest absolute Gasteiger partial charge is 0.339 e. The second kappa shape index (κ2) is 7.69. The number of aromatic nitrogens is 4. The quantitative estimate of drug-likeness (QED) is 0.794. The Balaban J connectivity index is 1.92. The van der Waals surface area contributed by atoms with Gasteiger partial charge < -0.3 is 10.3 Å². The average molecular weight is 275 g/mol. The Kier molecular flexibility index (Phi) is 5.61. The van der Waals surface area contributed by atoms with Gasteiger partial charge in [-0.05, 0) is 31.4 Å². The smallest absolute Gasteiger partial charge is 0.227 e. The predicted molar refractivity (Wildman–Crippen MR) is 75.7 cm³/mol. The van der Waals surface area contributed by atoms with Crippen molar-refractivity contribution in [2.24, 2.45) is 11.7 Å². The Bertz CT molecular complexity index is 493. The summed E-state index contributed by atoms with van der Waals surface area (Å²) in [5.41, 5.74) is 6.33. The highest BCUT2D eigenvalue weighted by Crippen LogP contribution is 2.19. The monoisotopic (exact) mass is 275 g/mol. The van der Waals surface area contributed by atoms with E-state index in [-0.39, 0.29) is 0 Å². The molecule has 2 aromatic rings. The molecule has 108 valence electrons. The third-order valence-corrected chi connectivity index (χ3v) is 3.32. The SMILES string of the molecule is CCCC(CCN)CCc1nc(-c2ccncn2)no1. The van der Waals surface area contributed by atoms with Gasteiger partial charge in [-0.25, -0.2) is 9.97 Å². The summed E-state index contributed by atoms with van der Waals surface area (Å²) in [6.45, 7) is 2.93. The zero-order chi connectivity index (χ0) is 14.2. The molecule has 0 amide bonds. The van der Waals surface area contributed by atoms with Crippen LogP contribution < -0.4 is 5.73 Å². The van der Waals surface area contributed by atoms with Crippen LogP contribution in [0.2, 0.25) is 0 Å². The summed E-state index contributed by atoms with van der Waals surface area (Å²) in [5.74, 6) is 1.82. The van der Waals surface area contributed by atoms with E-state index in [1.807, 2.05) is 0 Å². The van der Waals surface area contributed by atoms with Crippen LogP contribution in [-0.2, 0) is 6.42 Å². The number of nitrogens with two attached hydrogens (primary N) is 1. The Morgan fingerprint density at radius 2 is 2.20 bits per heavy atom. The molecule has 0 fully saturated rings. The van der Waals surface area contributed by atoms with Gasteiger partial charge in [0.25, 0.3) is 0 Å². The normalized spacial score (nSPS) is 12.5. The maximum Gasteiger partial charge on any atom is 0.227 e. The molecule has 6 heteroatoms. The van der Waals surface area contributed by atoms with Crippen molar-refractivity contribution in [1.29, 1.82) is 0 Å². The minimum absolute atomic E-state index is 0.522. The van der Waals surface area contributed by atoms with E-state index in [1.165, 1.54) is 19.2 Å². The van der Waals surface area contributed by atoms with Gasteiger partial charge >= 0.3 is 0 Å². The highest BCUT2D eigenvalue weighted by Gasteiger charge is 2.12. The molecule has 2 aromatic heterocycles. The number of aryl methyl sites for hydroxylation is 1. The van der Waals surface area contributed by atoms with Crippen LogP contribution in [0.4, 0.5) is 0 Å². The van der Waals surface area contributed by atoms with Crippen LogP contribution in [0.5, 0.6) is 0 Å². The Morgan fingerprint density at radius 3 is 2.90 bits per heavy atom. The molecule has 1 atom stereocenters. The average Bonchev–Trinajstić information content (AvgIpc) is 2.95. The van der Waals surface area contributed by atoms with E-state index in [0.717, 1.165) is 25.8 Å². The molecular formula is C14H21N5O. The van der Waals surface area contributed by atoms with Crippen molar-refractivity contribution in [2.45, 2.75) is 39.0 Å². The molecule has 1 unspecified atom stereocenters. The van der Waals surface area contributed by atoms with Crippen molar-refractivity contribution in [3.05, 3.63) is 24.5 Å². The molecule has 0 bridgehead atoms. The molecule has 20 heavy (non-hydrogen) atoms. The van der Waals surface area contributed by atoms with Gasteiger partial charge in [0.1, 0.15) is 12.0 Å². The Labute approximate surface area is 118 Å². The predicted octanol–water partition coefficient (Wildman–Crippen LogP) is 2.22. The number of rotatable bonds is 8. The molecule has 0 aliphatic rings. The third kappa shape index (κ3) is 4.09. The molecule has 0 aromatic carbocycles. The first kappa shape index (κ1) is 14.6. The van der Waals surface area contributed by atoms with Crippen molar-refractivity contribution < 1.29 is 4.52 Å².